The molecule has 0 aliphatic carbocycles. The Labute approximate surface area is 215 Å². The molecule has 0 spiro atoms. The molecule has 0 amide bonds. The molecule has 6 nitrogen and oxygen atoms in total. The topological polar surface area (TPSA) is 74.2 Å². The number of alkyl halides is 6. The summed E-state index contributed by atoms with van der Waals surface area (Å²) in [6.45, 7) is 1.98. The second kappa shape index (κ2) is 13.3. The van der Waals surface area contributed by atoms with Crippen molar-refractivity contribution < 1.29 is 55.2 Å². The molecule has 2 aromatic rings. The van der Waals surface area contributed by atoms with Crippen molar-refractivity contribution in [3.8, 4) is 29.1 Å². The number of hydrogen-bond donors (Lipinski definition) is 1. The third-order valence-corrected chi connectivity index (χ3v) is 4.78. The van der Waals surface area contributed by atoms with E-state index in [1.165, 1.54) is 12.2 Å². The maximum atomic E-state index is 12.5. The maximum absolute atomic E-state index is 12.5. The summed E-state index contributed by atoms with van der Waals surface area (Å²) in [5.41, 5.74) is 0.490. The number of hydrogen-bond acceptors (Lipinski definition) is 5. The van der Waals surface area contributed by atoms with Crippen LogP contribution in [0.1, 0.15) is 18.1 Å². The maximum Gasteiger partial charge on any atom is 0.573 e. The first-order valence-corrected chi connectivity index (χ1v) is 11.1. The van der Waals surface area contributed by atoms with Crippen LogP contribution >= 0.6 is 15.9 Å². The van der Waals surface area contributed by atoms with E-state index >= 15 is 0 Å². The highest BCUT2D eigenvalue weighted by Crippen LogP contribution is 2.31. The molecule has 13 heteroatoms. The van der Waals surface area contributed by atoms with E-state index in [9.17, 15) is 36.2 Å². The Morgan fingerprint density at radius 2 is 1.68 bits per heavy atom. The largest absolute Gasteiger partial charge is 0.573 e. The first-order valence-electron chi connectivity index (χ1n) is 10.3. The number of halogens is 7. The molecule has 0 saturated heterocycles. The lowest BCUT2D eigenvalue weighted by molar-refractivity contribution is -0.276. The van der Waals surface area contributed by atoms with Crippen LogP contribution in [0.15, 0.2) is 53.0 Å². The molecule has 0 bridgehead atoms. The quantitative estimate of drug-likeness (QED) is 0.258. The van der Waals surface area contributed by atoms with Gasteiger partial charge in [0.2, 0.25) is 0 Å². The zero-order chi connectivity index (χ0) is 27.6. The van der Waals surface area contributed by atoms with E-state index in [0.717, 1.165) is 12.1 Å². The van der Waals surface area contributed by atoms with Gasteiger partial charge in [0.1, 0.15) is 23.9 Å². The van der Waals surface area contributed by atoms with Crippen molar-refractivity contribution in [1.82, 2.24) is 0 Å². The Kier molecular flexibility index (Phi) is 10.7. The summed E-state index contributed by atoms with van der Waals surface area (Å²) in [4.78, 5) is 11.2. The predicted molar refractivity (Wildman–Crippen MR) is 122 cm³/mol. The van der Waals surface area contributed by atoms with E-state index in [0.29, 0.717) is 21.9 Å². The highest BCUT2D eigenvalue weighted by atomic mass is 79.9. The normalized spacial score (nSPS) is 12.5. The predicted octanol–water partition coefficient (Wildman–Crippen LogP) is 6.27. The van der Waals surface area contributed by atoms with E-state index in [-0.39, 0.29) is 25.2 Å². The lowest BCUT2D eigenvalue weighted by Crippen LogP contribution is -2.26. The van der Waals surface area contributed by atoms with Gasteiger partial charge in [0.25, 0.3) is 0 Å². The average molecular weight is 597 g/mol. The van der Waals surface area contributed by atoms with Crippen LogP contribution in [0.25, 0.3) is 0 Å². The van der Waals surface area contributed by atoms with Gasteiger partial charge in [-0.25, -0.2) is 4.79 Å². The number of rotatable bonds is 10. The van der Waals surface area contributed by atoms with Gasteiger partial charge in [0, 0.05) is 24.7 Å². The van der Waals surface area contributed by atoms with Crippen LogP contribution in [0.2, 0.25) is 0 Å². The summed E-state index contributed by atoms with van der Waals surface area (Å²) < 4.78 is 93.4. The van der Waals surface area contributed by atoms with Gasteiger partial charge in [-0.3, -0.25) is 0 Å². The fourth-order valence-corrected chi connectivity index (χ4v) is 3.36. The van der Waals surface area contributed by atoms with Crippen molar-refractivity contribution in [2.45, 2.75) is 32.2 Å². The number of aliphatic carboxylic acids is 1. The van der Waals surface area contributed by atoms with Crippen molar-refractivity contribution in [2.75, 3.05) is 13.2 Å². The van der Waals surface area contributed by atoms with Gasteiger partial charge >= 0.3 is 18.7 Å². The van der Waals surface area contributed by atoms with Crippen LogP contribution in [0.3, 0.4) is 0 Å². The summed E-state index contributed by atoms with van der Waals surface area (Å²) in [5.74, 6) is 2.39. The summed E-state index contributed by atoms with van der Waals surface area (Å²) in [6, 6.07) is 7.05. The van der Waals surface area contributed by atoms with Gasteiger partial charge in [0.05, 0.1) is 4.47 Å². The monoisotopic (exact) mass is 596 g/mol. The van der Waals surface area contributed by atoms with E-state index in [4.69, 9.17) is 9.47 Å². The molecule has 2 rings (SSSR count). The Balaban J connectivity index is 2.03. The molecule has 0 saturated carbocycles. The molecule has 0 aromatic heterocycles. The molecule has 1 N–H and O–H groups in total. The zero-order valence-electron chi connectivity index (χ0n) is 19.0. The molecule has 200 valence electrons. The van der Waals surface area contributed by atoms with Crippen LogP contribution in [0.5, 0.6) is 17.2 Å². The van der Waals surface area contributed by atoms with Gasteiger partial charge in [-0.05, 0) is 64.8 Å². The Morgan fingerprint density at radius 1 is 1.05 bits per heavy atom. The minimum absolute atomic E-state index is 0.0307. The van der Waals surface area contributed by atoms with Crippen molar-refractivity contribution >= 4 is 21.9 Å². The van der Waals surface area contributed by atoms with Crippen LogP contribution < -0.4 is 14.2 Å². The van der Waals surface area contributed by atoms with Crippen molar-refractivity contribution in [3.05, 3.63) is 64.1 Å². The molecular formula is C24H19BrF6O6. The second-order valence-corrected chi connectivity index (χ2v) is 7.88. The standard InChI is InChI=1S/C24H19BrF6O6/c1-2-34-21(22(32)33)13-16-7-8-20(19(25)12-16)35-9-5-3-4-6-15-10-17(36-23(26,27)28)14-18(11-15)37-24(29,30)31/h3,5,7-8,10-12,14,21H,2,9,13H2,1H3,(H,32,33)/b5-3+/t21-/m0/s1. The highest BCUT2D eigenvalue weighted by Gasteiger charge is 2.33. The molecule has 0 heterocycles. The van der Waals surface area contributed by atoms with Crippen LogP contribution in [0, 0.1) is 11.8 Å². The molecule has 37 heavy (non-hydrogen) atoms. The van der Waals surface area contributed by atoms with Gasteiger partial charge in [-0.15, -0.1) is 26.3 Å². The Hall–Kier alpha value is -3.37. The van der Waals surface area contributed by atoms with Crippen molar-refractivity contribution in [2.24, 2.45) is 0 Å². The third-order valence-electron chi connectivity index (χ3n) is 4.16. The van der Waals surface area contributed by atoms with Gasteiger partial charge in [0.15, 0.2) is 6.10 Å². The summed E-state index contributed by atoms with van der Waals surface area (Å²) in [6.07, 6.45) is -8.31. The number of carbonyl (C=O) groups is 1. The SMILES string of the molecule is CCO[C@@H](Cc1ccc(OC/C=C/C#Cc2cc(OC(F)(F)F)cc(OC(F)(F)F)c2)c(Br)c1)C(=O)O. The molecule has 0 radical (unpaired) electrons. The summed E-state index contributed by atoms with van der Waals surface area (Å²) in [5, 5.41) is 9.18. The highest BCUT2D eigenvalue weighted by molar-refractivity contribution is 9.10. The molecule has 2 aromatic carbocycles. The van der Waals surface area contributed by atoms with Crippen molar-refractivity contribution in [1.29, 1.82) is 0 Å². The van der Waals surface area contributed by atoms with E-state index in [1.54, 1.807) is 25.1 Å². The summed E-state index contributed by atoms with van der Waals surface area (Å²) >= 11 is 3.33. The van der Waals surface area contributed by atoms with Crippen LogP contribution in [-0.2, 0) is 16.0 Å². The van der Waals surface area contributed by atoms with Gasteiger partial charge in [-0.2, -0.15) is 0 Å². The number of allylic oxidation sites excluding steroid dienone is 1. The summed E-state index contributed by atoms with van der Waals surface area (Å²) in [7, 11) is 0. The van der Waals surface area contributed by atoms with Crippen LogP contribution in [-0.4, -0.2) is 43.1 Å². The third kappa shape index (κ3) is 11.5. The minimum Gasteiger partial charge on any atom is -0.488 e. The minimum atomic E-state index is -5.12. The molecular weight excluding hydrogens is 578 g/mol. The van der Waals surface area contributed by atoms with E-state index in [2.05, 4.69) is 37.2 Å². The van der Waals surface area contributed by atoms with Crippen molar-refractivity contribution in [3.63, 3.8) is 0 Å². The number of carboxylic acid groups (broad SMARTS) is 1. The molecule has 1 atom stereocenters. The first-order chi connectivity index (χ1) is 17.3. The van der Waals surface area contributed by atoms with E-state index < -0.39 is 36.3 Å². The fourth-order valence-electron chi connectivity index (χ4n) is 2.82. The number of carboxylic acids is 1. The molecule has 0 fully saturated rings. The lowest BCUT2D eigenvalue weighted by Gasteiger charge is -2.13. The van der Waals surface area contributed by atoms with Gasteiger partial charge in [-0.1, -0.05) is 17.9 Å². The fraction of sp³-hybridized carbons (Fsp3) is 0.292. The van der Waals surface area contributed by atoms with Gasteiger partial charge < -0.3 is 24.1 Å². The second-order valence-electron chi connectivity index (χ2n) is 7.02. The molecule has 0 aliphatic rings. The lowest BCUT2D eigenvalue weighted by atomic mass is 10.1. The van der Waals surface area contributed by atoms with E-state index in [1.807, 2.05) is 0 Å². The first kappa shape index (κ1) is 29.9. The number of ether oxygens (including phenoxy) is 4. The zero-order valence-corrected chi connectivity index (χ0v) is 20.5. The van der Waals surface area contributed by atoms with Crippen LogP contribution in [0.4, 0.5) is 26.3 Å². The smallest absolute Gasteiger partial charge is 0.488 e. The average Bonchev–Trinajstić information content (AvgIpc) is 2.74. The molecule has 0 aliphatic heterocycles. The Morgan fingerprint density at radius 3 is 2.19 bits per heavy atom. The Bertz CT molecular complexity index is 1130. The molecule has 0 unspecified atom stereocenters. The number of benzene rings is 2.